The number of benzene rings is 1. The number of aromatic nitrogens is 2. The van der Waals surface area contributed by atoms with Gasteiger partial charge >= 0.3 is 0 Å². The van der Waals surface area contributed by atoms with Gasteiger partial charge in [0, 0.05) is 12.6 Å². The van der Waals surface area contributed by atoms with E-state index in [1.54, 1.807) is 6.20 Å². The minimum Gasteiger partial charge on any atom is -0.452 e. The monoisotopic (exact) mass is 293 g/mol. The molecular weight excluding hydrogens is 274 g/mol. The summed E-state index contributed by atoms with van der Waals surface area (Å²) in [5.74, 6) is 1.34. The maximum atomic E-state index is 6.25. The third-order valence-electron chi connectivity index (χ3n) is 2.91. The van der Waals surface area contributed by atoms with Crippen LogP contribution >= 0.6 is 11.6 Å². The number of halogens is 1. The highest BCUT2D eigenvalue weighted by atomic mass is 35.5. The number of hydrogen-bond acceptors (Lipinski definition) is 3. The fourth-order valence-electron chi connectivity index (χ4n) is 1.79. The van der Waals surface area contributed by atoms with Crippen molar-refractivity contribution in [3.63, 3.8) is 0 Å². The SMILES string of the molecule is CCNCc1ccc(Oc2cnn(C(C)C)c2)c(Cl)c1. The van der Waals surface area contributed by atoms with E-state index in [4.69, 9.17) is 16.3 Å². The molecule has 0 amide bonds. The lowest BCUT2D eigenvalue weighted by Gasteiger charge is -2.08. The van der Waals surface area contributed by atoms with Crippen molar-refractivity contribution in [2.75, 3.05) is 6.54 Å². The van der Waals surface area contributed by atoms with Crippen LogP contribution in [0.25, 0.3) is 0 Å². The van der Waals surface area contributed by atoms with Crippen molar-refractivity contribution in [3.8, 4) is 11.5 Å². The fourth-order valence-corrected chi connectivity index (χ4v) is 2.03. The molecule has 1 aromatic carbocycles. The summed E-state index contributed by atoms with van der Waals surface area (Å²) >= 11 is 6.25. The predicted octanol–water partition coefficient (Wildman–Crippen LogP) is 4.02. The average molecular weight is 294 g/mol. The highest BCUT2D eigenvalue weighted by molar-refractivity contribution is 6.32. The first-order chi connectivity index (χ1) is 9.60. The largest absolute Gasteiger partial charge is 0.452 e. The summed E-state index contributed by atoms with van der Waals surface area (Å²) in [7, 11) is 0. The van der Waals surface area contributed by atoms with Crippen LogP contribution in [0.4, 0.5) is 0 Å². The van der Waals surface area contributed by atoms with E-state index in [2.05, 4.69) is 31.2 Å². The fraction of sp³-hybridized carbons (Fsp3) is 0.400. The minimum atomic E-state index is 0.310. The van der Waals surface area contributed by atoms with Gasteiger partial charge in [-0.2, -0.15) is 5.10 Å². The summed E-state index contributed by atoms with van der Waals surface area (Å²) in [6, 6.07) is 6.13. The summed E-state index contributed by atoms with van der Waals surface area (Å²) in [6.45, 7) is 7.95. The molecule has 0 aliphatic rings. The molecule has 0 spiro atoms. The van der Waals surface area contributed by atoms with Gasteiger partial charge in [0.15, 0.2) is 5.75 Å². The van der Waals surface area contributed by atoms with Crippen LogP contribution in [0.2, 0.25) is 5.02 Å². The molecule has 0 atom stereocenters. The van der Waals surface area contributed by atoms with Gasteiger partial charge in [-0.15, -0.1) is 0 Å². The smallest absolute Gasteiger partial charge is 0.165 e. The third kappa shape index (κ3) is 3.74. The Labute approximate surface area is 124 Å². The zero-order valence-electron chi connectivity index (χ0n) is 12.1. The molecule has 4 nitrogen and oxygen atoms in total. The highest BCUT2D eigenvalue weighted by Crippen LogP contribution is 2.30. The van der Waals surface area contributed by atoms with Crippen molar-refractivity contribution < 1.29 is 4.74 Å². The average Bonchev–Trinajstić information content (AvgIpc) is 2.88. The van der Waals surface area contributed by atoms with Crippen molar-refractivity contribution in [1.29, 1.82) is 0 Å². The minimum absolute atomic E-state index is 0.310. The Morgan fingerprint density at radius 2 is 2.20 bits per heavy atom. The summed E-state index contributed by atoms with van der Waals surface area (Å²) in [5.41, 5.74) is 1.14. The van der Waals surface area contributed by atoms with Crippen LogP contribution in [-0.4, -0.2) is 16.3 Å². The molecule has 0 fully saturated rings. The van der Waals surface area contributed by atoms with Crippen LogP contribution < -0.4 is 10.1 Å². The molecular formula is C15H20ClN3O. The van der Waals surface area contributed by atoms with E-state index in [0.29, 0.717) is 22.6 Å². The molecule has 108 valence electrons. The van der Waals surface area contributed by atoms with Gasteiger partial charge in [-0.05, 0) is 38.1 Å². The maximum absolute atomic E-state index is 6.25. The maximum Gasteiger partial charge on any atom is 0.165 e. The summed E-state index contributed by atoms with van der Waals surface area (Å²) < 4.78 is 7.61. The van der Waals surface area contributed by atoms with Crippen LogP contribution in [0, 0.1) is 0 Å². The van der Waals surface area contributed by atoms with E-state index in [1.807, 2.05) is 29.1 Å². The number of rotatable bonds is 6. The lowest BCUT2D eigenvalue weighted by molar-refractivity contribution is 0.477. The molecule has 2 rings (SSSR count). The molecule has 2 aromatic rings. The molecule has 1 heterocycles. The number of nitrogens with zero attached hydrogens (tertiary/aromatic N) is 2. The molecule has 20 heavy (non-hydrogen) atoms. The van der Waals surface area contributed by atoms with E-state index in [0.717, 1.165) is 18.7 Å². The Morgan fingerprint density at radius 1 is 1.40 bits per heavy atom. The summed E-state index contributed by atoms with van der Waals surface area (Å²) in [5, 5.41) is 8.11. The lowest BCUT2D eigenvalue weighted by Crippen LogP contribution is -2.11. The molecule has 1 aromatic heterocycles. The van der Waals surface area contributed by atoms with Gasteiger partial charge in [0.2, 0.25) is 0 Å². The molecule has 5 heteroatoms. The van der Waals surface area contributed by atoms with E-state index >= 15 is 0 Å². The van der Waals surface area contributed by atoms with Crippen molar-refractivity contribution in [1.82, 2.24) is 15.1 Å². The van der Waals surface area contributed by atoms with Crippen molar-refractivity contribution in [2.45, 2.75) is 33.4 Å². The summed E-state index contributed by atoms with van der Waals surface area (Å²) in [4.78, 5) is 0. The van der Waals surface area contributed by atoms with Gasteiger partial charge in [0.05, 0.1) is 17.4 Å². The van der Waals surface area contributed by atoms with Crippen molar-refractivity contribution >= 4 is 11.6 Å². The second kappa shape index (κ2) is 6.77. The van der Waals surface area contributed by atoms with Gasteiger partial charge in [0.25, 0.3) is 0 Å². The zero-order valence-corrected chi connectivity index (χ0v) is 12.8. The zero-order chi connectivity index (χ0) is 14.5. The van der Waals surface area contributed by atoms with Crippen molar-refractivity contribution in [2.24, 2.45) is 0 Å². The van der Waals surface area contributed by atoms with Gasteiger partial charge < -0.3 is 10.1 Å². The molecule has 1 N–H and O–H groups in total. The Morgan fingerprint density at radius 3 is 2.80 bits per heavy atom. The molecule has 0 unspecified atom stereocenters. The van der Waals surface area contributed by atoms with E-state index in [1.165, 1.54) is 0 Å². The van der Waals surface area contributed by atoms with Gasteiger partial charge in [-0.1, -0.05) is 24.6 Å². The molecule has 0 bridgehead atoms. The molecule has 0 aliphatic carbocycles. The topological polar surface area (TPSA) is 39.1 Å². The van der Waals surface area contributed by atoms with Crippen molar-refractivity contribution in [3.05, 3.63) is 41.2 Å². The van der Waals surface area contributed by atoms with E-state index in [9.17, 15) is 0 Å². The lowest BCUT2D eigenvalue weighted by atomic mass is 10.2. The normalized spacial score (nSPS) is 11.1. The number of ether oxygens (including phenoxy) is 1. The number of nitrogens with one attached hydrogen (secondary N) is 1. The second-order valence-corrected chi connectivity index (χ2v) is 5.30. The molecule has 0 radical (unpaired) electrons. The first-order valence-electron chi connectivity index (χ1n) is 6.81. The van der Waals surface area contributed by atoms with Gasteiger partial charge in [0.1, 0.15) is 5.75 Å². The Bertz CT molecular complexity index is 566. The Kier molecular flexibility index (Phi) is 5.04. The third-order valence-corrected chi connectivity index (χ3v) is 3.21. The van der Waals surface area contributed by atoms with E-state index in [-0.39, 0.29) is 0 Å². The molecule has 0 saturated carbocycles. The van der Waals surface area contributed by atoms with Crippen LogP contribution in [0.3, 0.4) is 0 Å². The number of hydrogen-bond donors (Lipinski definition) is 1. The van der Waals surface area contributed by atoms with Crippen LogP contribution in [0.5, 0.6) is 11.5 Å². The van der Waals surface area contributed by atoms with E-state index < -0.39 is 0 Å². The standard InChI is InChI=1S/C15H20ClN3O/c1-4-17-8-12-5-6-15(14(16)7-12)20-13-9-18-19(10-13)11(2)3/h5-7,9-11,17H,4,8H2,1-3H3. The second-order valence-electron chi connectivity index (χ2n) is 4.90. The Hall–Kier alpha value is -1.52. The molecule has 0 saturated heterocycles. The van der Waals surface area contributed by atoms with Gasteiger partial charge in [-0.3, -0.25) is 4.68 Å². The molecule has 0 aliphatic heterocycles. The van der Waals surface area contributed by atoms with Crippen LogP contribution in [0.1, 0.15) is 32.4 Å². The van der Waals surface area contributed by atoms with Gasteiger partial charge in [-0.25, -0.2) is 0 Å². The Balaban J connectivity index is 2.08. The first-order valence-corrected chi connectivity index (χ1v) is 7.19. The predicted molar refractivity (Wildman–Crippen MR) is 81.5 cm³/mol. The highest BCUT2D eigenvalue weighted by Gasteiger charge is 2.07. The first kappa shape index (κ1) is 14.9. The van der Waals surface area contributed by atoms with Crippen LogP contribution in [-0.2, 0) is 6.54 Å². The van der Waals surface area contributed by atoms with Crippen LogP contribution in [0.15, 0.2) is 30.6 Å². The summed E-state index contributed by atoms with van der Waals surface area (Å²) in [6.07, 6.45) is 3.57. The quantitative estimate of drug-likeness (QED) is 0.874.